The van der Waals surface area contributed by atoms with Gasteiger partial charge in [-0.3, -0.25) is 9.78 Å². The number of hydrogen-bond acceptors (Lipinski definition) is 8. The summed E-state index contributed by atoms with van der Waals surface area (Å²) in [4.78, 5) is 43.5. The fraction of sp³-hybridized carbons (Fsp3) is 0.241. The average molecular weight is 687 g/mol. The summed E-state index contributed by atoms with van der Waals surface area (Å²) >= 11 is 0. The van der Waals surface area contributed by atoms with Crippen molar-refractivity contribution < 1.29 is 41.8 Å². The van der Waals surface area contributed by atoms with Crippen LogP contribution >= 0.6 is 24.8 Å². The van der Waals surface area contributed by atoms with Gasteiger partial charge in [0.1, 0.15) is 18.0 Å². The van der Waals surface area contributed by atoms with Crippen LogP contribution in [0.2, 0.25) is 0 Å². The first kappa shape index (κ1) is 37.6. The molecule has 1 aliphatic carbocycles. The number of benzene rings is 1. The van der Waals surface area contributed by atoms with E-state index in [-0.39, 0.29) is 55.3 Å². The number of carboxylic acids is 1. The number of carbonyl (C=O) groups excluding carboxylic acids is 2. The van der Waals surface area contributed by atoms with Crippen molar-refractivity contribution in [3.05, 3.63) is 106 Å². The molecule has 0 saturated heterocycles. The number of fused-ring (bicyclic) bond motifs is 2. The molecule has 0 spiro atoms. The van der Waals surface area contributed by atoms with Gasteiger partial charge in [-0.05, 0) is 60.2 Å². The molecule has 0 unspecified atom stereocenters. The number of aromatic carboxylic acids is 1. The van der Waals surface area contributed by atoms with Crippen molar-refractivity contribution in [3.8, 4) is 0 Å². The van der Waals surface area contributed by atoms with E-state index in [1.165, 1.54) is 12.1 Å². The Morgan fingerprint density at radius 2 is 1.93 bits per heavy atom. The van der Waals surface area contributed by atoms with Gasteiger partial charge in [-0.25, -0.2) is 23.5 Å². The van der Waals surface area contributed by atoms with Crippen LogP contribution in [-0.4, -0.2) is 49.1 Å². The Labute approximate surface area is 271 Å². The predicted octanol–water partition coefficient (Wildman–Crippen LogP) is 5.04. The summed E-state index contributed by atoms with van der Waals surface area (Å²) in [7, 11) is 0. The second-order valence-electron chi connectivity index (χ2n) is 9.57. The second kappa shape index (κ2) is 15.6. The minimum Gasteiger partial charge on any atom is -0.477 e. The average Bonchev–Trinajstić information content (AvgIpc) is 3.59. The number of rotatable bonds is 7. The van der Waals surface area contributed by atoms with E-state index >= 15 is 0 Å². The minimum atomic E-state index is -4.38. The zero-order valence-corrected chi connectivity index (χ0v) is 25.6. The highest BCUT2D eigenvalue weighted by Crippen LogP contribution is 2.35. The quantitative estimate of drug-likeness (QED) is 0.137. The molecule has 3 aromatic heterocycles. The summed E-state index contributed by atoms with van der Waals surface area (Å²) in [6.45, 7) is 5.55. The maximum atomic E-state index is 13.9. The number of aromatic nitrogens is 4. The van der Waals surface area contributed by atoms with Gasteiger partial charge in [-0.15, -0.1) is 24.8 Å². The van der Waals surface area contributed by atoms with Gasteiger partial charge in [0.2, 0.25) is 0 Å². The van der Waals surface area contributed by atoms with Crippen LogP contribution < -0.4 is 11.1 Å². The highest BCUT2D eigenvalue weighted by atomic mass is 35.5. The lowest BCUT2D eigenvalue weighted by Crippen LogP contribution is -2.29. The summed E-state index contributed by atoms with van der Waals surface area (Å²) in [5.41, 5.74) is 6.77. The van der Waals surface area contributed by atoms with Crippen LogP contribution in [0.5, 0.6) is 0 Å². The third-order valence-electron chi connectivity index (χ3n) is 6.78. The lowest BCUT2D eigenvalue weighted by atomic mass is 9.98. The molecule has 4 aromatic rings. The van der Waals surface area contributed by atoms with Gasteiger partial charge in [0.05, 0.1) is 17.8 Å². The maximum Gasteiger partial charge on any atom is 0.433 e. The summed E-state index contributed by atoms with van der Waals surface area (Å²) < 4.78 is 56.0. The minimum absolute atomic E-state index is 0. The number of ether oxygens (including phenoxy) is 1. The number of hydrogen-bond donors (Lipinski definition) is 3. The molecule has 1 aromatic carbocycles. The molecule has 17 heteroatoms. The van der Waals surface area contributed by atoms with E-state index < -0.39 is 41.2 Å². The highest BCUT2D eigenvalue weighted by molar-refractivity contribution is 5.96. The number of halogens is 6. The Morgan fingerprint density at radius 3 is 2.57 bits per heavy atom. The Kier molecular flexibility index (Phi) is 12.7. The molecule has 0 bridgehead atoms. The van der Waals surface area contributed by atoms with Crippen molar-refractivity contribution in [2.45, 2.75) is 38.5 Å². The zero-order chi connectivity index (χ0) is 32.2. The molecule has 246 valence electrons. The van der Waals surface area contributed by atoms with Crippen molar-refractivity contribution >= 4 is 48.3 Å². The first-order chi connectivity index (χ1) is 20.8. The van der Waals surface area contributed by atoms with E-state index in [4.69, 9.17) is 10.5 Å². The SMILES string of the molecule is C=CCOC(=O)c1ccc2c(c1C)CC[C@@H]2NC(=O)c1cc(C(=O)O)nc2c(F)cnn12.Cl.Cl.NCc1ccnc(C(F)(F)F)c1. The Balaban J connectivity index is 0.000000447. The predicted molar refractivity (Wildman–Crippen MR) is 162 cm³/mol. The maximum absolute atomic E-state index is 13.9. The fourth-order valence-electron chi connectivity index (χ4n) is 4.66. The molecular formula is C29H28Cl2F4N6O5. The summed E-state index contributed by atoms with van der Waals surface area (Å²) in [5.74, 6) is -3.29. The Hall–Kier alpha value is -4.60. The molecule has 46 heavy (non-hydrogen) atoms. The number of nitrogens with zero attached hydrogens (tertiary/aromatic N) is 4. The number of esters is 1. The van der Waals surface area contributed by atoms with Crippen molar-refractivity contribution in [3.63, 3.8) is 0 Å². The molecule has 11 nitrogen and oxygen atoms in total. The molecule has 0 aliphatic heterocycles. The molecule has 1 aliphatic rings. The van der Waals surface area contributed by atoms with Crippen molar-refractivity contribution in [1.29, 1.82) is 0 Å². The second-order valence-corrected chi connectivity index (χ2v) is 9.57. The van der Waals surface area contributed by atoms with Crippen molar-refractivity contribution in [1.82, 2.24) is 24.9 Å². The van der Waals surface area contributed by atoms with Crippen molar-refractivity contribution in [2.75, 3.05) is 6.61 Å². The topological polar surface area (TPSA) is 162 Å². The van der Waals surface area contributed by atoms with E-state index in [2.05, 4.69) is 27.0 Å². The third-order valence-corrected chi connectivity index (χ3v) is 6.78. The molecule has 0 fully saturated rings. The zero-order valence-electron chi connectivity index (χ0n) is 24.0. The van der Waals surface area contributed by atoms with E-state index in [1.807, 2.05) is 6.92 Å². The monoisotopic (exact) mass is 686 g/mol. The highest BCUT2D eigenvalue weighted by Gasteiger charge is 2.32. The molecule has 4 N–H and O–H groups in total. The molecular weight excluding hydrogens is 659 g/mol. The lowest BCUT2D eigenvalue weighted by molar-refractivity contribution is -0.141. The van der Waals surface area contributed by atoms with E-state index in [9.17, 15) is 37.1 Å². The standard InChI is InChI=1S/C22H19FN4O5.C7H7F3N2.2ClH/c1-3-8-32-22(31)13-4-5-14-12(11(13)2)6-7-16(14)26-20(28)18-9-17(21(29)30)25-19-15(23)10-24-27(18)19;8-7(9,10)6-3-5(4-11)1-2-12-6;;/h3-5,9-10,16H,1,6-8H2,2H3,(H,26,28)(H,29,30);1-3H,4,11H2;2*1H/t16-;;;/m0.../s1. The van der Waals surface area contributed by atoms with Gasteiger partial charge in [-0.2, -0.15) is 18.3 Å². The van der Waals surface area contributed by atoms with Gasteiger partial charge in [-0.1, -0.05) is 18.7 Å². The van der Waals surface area contributed by atoms with Crippen LogP contribution in [0, 0.1) is 12.7 Å². The van der Waals surface area contributed by atoms with Crippen LogP contribution in [-0.2, 0) is 23.9 Å². The molecule has 1 atom stereocenters. The third kappa shape index (κ3) is 8.16. The van der Waals surface area contributed by atoms with Crippen molar-refractivity contribution in [2.24, 2.45) is 5.73 Å². The number of alkyl halides is 3. The smallest absolute Gasteiger partial charge is 0.433 e. The molecule has 0 saturated carbocycles. The fourth-order valence-corrected chi connectivity index (χ4v) is 4.66. The lowest BCUT2D eigenvalue weighted by Gasteiger charge is -2.16. The van der Waals surface area contributed by atoms with Crippen LogP contribution in [0.25, 0.3) is 5.65 Å². The first-order valence-electron chi connectivity index (χ1n) is 13.1. The Bertz CT molecular complexity index is 1770. The molecule has 0 radical (unpaired) electrons. The summed E-state index contributed by atoms with van der Waals surface area (Å²) in [6, 6.07) is 6.50. The summed E-state index contributed by atoms with van der Waals surface area (Å²) in [5, 5.41) is 15.9. The van der Waals surface area contributed by atoms with Crippen LogP contribution in [0.1, 0.15) is 71.7 Å². The van der Waals surface area contributed by atoms with Gasteiger partial charge < -0.3 is 20.9 Å². The van der Waals surface area contributed by atoms with E-state index in [0.717, 1.165) is 45.7 Å². The molecule has 1 amide bonds. The van der Waals surface area contributed by atoms with Crippen LogP contribution in [0.4, 0.5) is 17.6 Å². The molecule has 3 heterocycles. The van der Waals surface area contributed by atoms with E-state index in [1.54, 1.807) is 12.1 Å². The number of pyridine rings is 1. The van der Waals surface area contributed by atoms with Crippen LogP contribution in [0.3, 0.4) is 0 Å². The Morgan fingerprint density at radius 1 is 1.22 bits per heavy atom. The normalized spacial score (nSPS) is 13.3. The number of nitrogens with two attached hydrogens (primary N) is 1. The number of amides is 1. The van der Waals surface area contributed by atoms with Gasteiger partial charge in [0, 0.05) is 18.8 Å². The van der Waals surface area contributed by atoms with Gasteiger partial charge >= 0.3 is 18.1 Å². The largest absolute Gasteiger partial charge is 0.477 e. The number of carboxylic acid groups (broad SMARTS) is 1. The number of nitrogens with one attached hydrogen (secondary N) is 1. The summed E-state index contributed by atoms with van der Waals surface area (Å²) in [6.07, 6.45) is 0.295. The van der Waals surface area contributed by atoms with Gasteiger partial charge in [0.15, 0.2) is 17.2 Å². The first-order valence-corrected chi connectivity index (χ1v) is 13.1. The van der Waals surface area contributed by atoms with Crippen LogP contribution in [0.15, 0.2) is 55.4 Å². The van der Waals surface area contributed by atoms with Gasteiger partial charge in [0.25, 0.3) is 5.91 Å². The van der Waals surface area contributed by atoms with E-state index in [0.29, 0.717) is 24.0 Å². The number of carbonyl (C=O) groups is 3. The molecule has 5 rings (SSSR count).